The summed E-state index contributed by atoms with van der Waals surface area (Å²) in [6.07, 6.45) is 0. The van der Waals surface area contributed by atoms with Gasteiger partial charge in [0.25, 0.3) is 0 Å². The molecular weight excluding hydrogens is 295 g/mol. The quantitative estimate of drug-likeness (QED) is 0.616. The second-order valence-electron chi connectivity index (χ2n) is 2.21. The molecule has 0 heterocycles. The minimum absolute atomic E-state index is 0.163. The Morgan fingerprint density at radius 2 is 2.08 bits per heavy atom. The van der Waals surface area contributed by atoms with Crippen molar-refractivity contribution >= 4 is 62.1 Å². The van der Waals surface area contributed by atoms with Gasteiger partial charge in [0.2, 0.25) is 0 Å². The molecule has 0 aliphatic rings. The highest BCUT2D eigenvalue weighted by Gasteiger charge is 2.07. The molecule has 0 atom stereocenters. The molecule has 70 valence electrons. The van der Waals surface area contributed by atoms with Crippen LogP contribution < -0.4 is 11.1 Å². The third-order valence-corrected chi connectivity index (χ3v) is 3.38. The SMILES string of the molecule is NC(=S)Nc1ccc(Cl)c(Br)c1Cl. The normalized spacial score (nSPS) is 9.77. The maximum absolute atomic E-state index is 5.93. The first-order valence-corrected chi connectivity index (χ1v) is 5.18. The van der Waals surface area contributed by atoms with Crippen LogP contribution in [0.5, 0.6) is 0 Å². The standard InChI is InChI=1S/C7H5BrCl2N2S/c8-5-3(9)1-2-4(6(5)10)12-7(11)13/h1-2H,(H3,11,12,13). The summed E-state index contributed by atoms with van der Waals surface area (Å²) in [5, 5.41) is 3.89. The summed E-state index contributed by atoms with van der Waals surface area (Å²) >= 11 is 19.6. The van der Waals surface area contributed by atoms with Crippen molar-refractivity contribution < 1.29 is 0 Å². The van der Waals surface area contributed by atoms with Gasteiger partial charge in [0.15, 0.2) is 5.11 Å². The highest BCUT2D eigenvalue weighted by molar-refractivity contribution is 9.10. The van der Waals surface area contributed by atoms with E-state index in [0.717, 1.165) is 0 Å². The lowest BCUT2D eigenvalue weighted by Gasteiger charge is -2.08. The minimum Gasteiger partial charge on any atom is -0.376 e. The number of hydrogen-bond donors (Lipinski definition) is 2. The van der Waals surface area contributed by atoms with E-state index < -0.39 is 0 Å². The Morgan fingerprint density at radius 3 is 2.62 bits per heavy atom. The van der Waals surface area contributed by atoms with Crippen molar-refractivity contribution in [2.24, 2.45) is 5.73 Å². The lowest BCUT2D eigenvalue weighted by molar-refractivity contribution is 1.58. The molecule has 1 aromatic rings. The molecule has 0 aliphatic heterocycles. The zero-order valence-electron chi connectivity index (χ0n) is 6.27. The molecule has 2 nitrogen and oxygen atoms in total. The van der Waals surface area contributed by atoms with Crippen molar-refractivity contribution in [3.05, 3.63) is 26.7 Å². The van der Waals surface area contributed by atoms with Gasteiger partial charge in [-0.3, -0.25) is 0 Å². The molecule has 13 heavy (non-hydrogen) atoms. The molecular formula is C7H5BrCl2N2S. The first-order chi connectivity index (χ1) is 6.02. The van der Waals surface area contributed by atoms with Gasteiger partial charge in [-0.15, -0.1) is 0 Å². The van der Waals surface area contributed by atoms with Crippen LogP contribution in [0.25, 0.3) is 0 Å². The number of anilines is 1. The number of nitrogens with one attached hydrogen (secondary N) is 1. The van der Waals surface area contributed by atoms with E-state index in [4.69, 9.17) is 28.9 Å². The van der Waals surface area contributed by atoms with E-state index in [2.05, 4.69) is 33.5 Å². The van der Waals surface area contributed by atoms with E-state index in [1.807, 2.05) is 0 Å². The lowest BCUT2D eigenvalue weighted by atomic mass is 10.3. The topological polar surface area (TPSA) is 38.0 Å². The van der Waals surface area contributed by atoms with Gasteiger partial charge < -0.3 is 11.1 Å². The summed E-state index contributed by atoms with van der Waals surface area (Å²) in [5.74, 6) is 0. The van der Waals surface area contributed by atoms with Crippen LogP contribution in [0, 0.1) is 0 Å². The van der Waals surface area contributed by atoms with Crippen LogP contribution in [0.15, 0.2) is 16.6 Å². The summed E-state index contributed by atoms with van der Waals surface area (Å²) in [7, 11) is 0. The molecule has 0 aromatic heterocycles. The first-order valence-electron chi connectivity index (χ1n) is 3.22. The minimum atomic E-state index is 0.163. The van der Waals surface area contributed by atoms with Gasteiger partial charge in [0.05, 0.1) is 20.2 Å². The molecule has 0 amide bonds. The zero-order chi connectivity index (χ0) is 10.0. The monoisotopic (exact) mass is 298 g/mol. The molecule has 1 aromatic carbocycles. The Labute approximate surface area is 99.5 Å². The van der Waals surface area contributed by atoms with Crippen molar-refractivity contribution in [3.8, 4) is 0 Å². The fourth-order valence-corrected chi connectivity index (χ4v) is 1.63. The predicted molar refractivity (Wildman–Crippen MR) is 64.6 cm³/mol. The van der Waals surface area contributed by atoms with Crippen LogP contribution in [0.2, 0.25) is 10.0 Å². The Kier molecular flexibility index (Phi) is 3.79. The molecule has 0 fully saturated rings. The summed E-state index contributed by atoms with van der Waals surface area (Å²) in [6.45, 7) is 0. The number of hydrogen-bond acceptors (Lipinski definition) is 1. The van der Waals surface area contributed by atoms with Crippen LogP contribution in [-0.2, 0) is 0 Å². The Bertz CT molecular complexity index is 357. The van der Waals surface area contributed by atoms with Crippen LogP contribution in [0.3, 0.4) is 0 Å². The van der Waals surface area contributed by atoms with Crippen molar-refractivity contribution in [2.75, 3.05) is 5.32 Å². The van der Waals surface area contributed by atoms with Gasteiger partial charge in [0.1, 0.15) is 0 Å². The van der Waals surface area contributed by atoms with Crippen molar-refractivity contribution in [2.45, 2.75) is 0 Å². The molecule has 6 heteroatoms. The van der Waals surface area contributed by atoms with Gasteiger partial charge in [-0.25, -0.2) is 0 Å². The number of thiocarbonyl (C=S) groups is 1. The third-order valence-electron chi connectivity index (χ3n) is 1.29. The van der Waals surface area contributed by atoms with Gasteiger partial charge in [-0.2, -0.15) is 0 Å². The van der Waals surface area contributed by atoms with E-state index in [9.17, 15) is 0 Å². The largest absolute Gasteiger partial charge is 0.376 e. The Balaban J connectivity index is 3.10. The summed E-state index contributed by atoms with van der Waals surface area (Å²) in [6, 6.07) is 3.40. The molecule has 0 spiro atoms. The van der Waals surface area contributed by atoms with Crippen LogP contribution in [0.1, 0.15) is 0 Å². The Morgan fingerprint density at radius 1 is 1.46 bits per heavy atom. The maximum atomic E-state index is 5.93. The predicted octanol–water partition coefficient (Wildman–Crippen LogP) is 3.41. The fraction of sp³-hybridized carbons (Fsp3) is 0. The highest BCUT2D eigenvalue weighted by Crippen LogP contribution is 2.35. The van der Waals surface area contributed by atoms with E-state index in [1.165, 1.54) is 0 Å². The molecule has 3 N–H and O–H groups in total. The second-order valence-corrected chi connectivity index (χ2v) is 4.23. The smallest absolute Gasteiger partial charge is 0.168 e. The van der Waals surface area contributed by atoms with Crippen LogP contribution in [0.4, 0.5) is 5.69 Å². The van der Waals surface area contributed by atoms with E-state index in [0.29, 0.717) is 20.2 Å². The third kappa shape index (κ3) is 2.71. The number of rotatable bonds is 1. The van der Waals surface area contributed by atoms with Gasteiger partial charge in [-0.1, -0.05) is 23.2 Å². The molecule has 0 bridgehead atoms. The van der Waals surface area contributed by atoms with E-state index >= 15 is 0 Å². The molecule has 1 rings (SSSR count). The van der Waals surface area contributed by atoms with Crippen LogP contribution >= 0.6 is 51.3 Å². The number of halogens is 3. The fourth-order valence-electron chi connectivity index (χ4n) is 0.755. The number of benzene rings is 1. The van der Waals surface area contributed by atoms with Crippen molar-refractivity contribution in [1.82, 2.24) is 0 Å². The van der Waals surface area contributed by atoms with Gasteiger partial charge in [0, 0.05) is 0 Å². The second kappa shape index (κ2) is 4.46. The summed E-state index contributed by atoms with van der Waals surface area (Å²) < 4.78 is 0.622. The average Bonchev–Trinajstić information content (AvgIpc) is 2.06. The highest BCUT2D eigenvalue weighted by atomic mass is 79.9. The van der Waals surface area contributed by atoms with Crippen molar-refractivity contribution in [1.29, 1.82) is 0 Å². The summed E-state index contributed by atoms with van der Waals surface area (Å²) in [4.78, 5) is 0. The van der Waals surface area contributed by atoms with Gasteiger partial charge in [-0.05, 0) is 40.3 Å². The molecule has 0 saturated heterocycles. The maximum Gasteiger partial charge on any atom is 0.168 e. The summed E-state index contributed by atoms with van der Waals surface area (Å²) in [5.41, 5.74) is 5.92. The molecule has 0 radical (unpaired) electrons. The van der Waals surface area contributed by atoms with E-state index in [-0.39, 0.29) is 5.11 Å². The number of nitrogens with two attached hydrogens (primary N) is 1. The van der Waals surface area contributed by atoms with E-state index in [1.54, 1.807) is 12.1 Å². The van der Waals surface area contributed by atoms with Crippen molar-refractivity contribution in [3.63, 3.8) is 0 Å². The molecule has 0 saturated carbocycles. The average molecular weight is 300 g/mol. The Hall–Kier alpha value is -0.0300. The van der Waals surface area contributed by atoms with Crippen LogP contribution in [-0.4, -0.2) is 5.11 Å². The first kappa shape index (κ1) is 11.0. The molecule has 0 aliphatic carbocycles. The molecule has 0 unspecified atom stereocenters. The van der Waals surface area contributed by atoms with Gasteiger partial charge >= 0.3 is 0 Å². The zero-order valence-corrected chi connectivity index (χ0v) is 10.2. The lowest BCUT2D eigenvalue weighted by Crippen LogP contribution is -2.19.